The van der Waals surface area contributed by atoms with E-state index in [-0.39, 0.29) is 11.8 Å². The zero-order valence-electron chi connectivity index (χ0n) is 17.7. The average Bonchev–Trinajstić information content (AvgIpc) is 3.52. The molecule has 4 aromatic rings. The molecule has 0 radical (unpaired) electrons. The van der Waals surface area contributed by atoms with Crippen LogP contribution in [0.4, 0.5) is 5.13 Å². The monoisotopic (exact) mass is 435 g/mol. The fourth-order valence-electron chi connectivity index (χ4n) is 4.02. The van der Waals surface area contributed by atoms with Crippen molar-refractivity contribution in [1.29, 1.82) is 0 Å². The number of nitrogens with one attached hydrogen (secondary N) is 1. The van der Waals surface area contributed by atoms with Crippen molar-refractivity contribution in [2.75, 3.05) is 18.0 Å². The Hall–Kier alpha value is -3.13. The summed E-state index contributed by atoms with van der Waals surface area (Å²) in [5, 5.41) is 8.66. The van der Waals surface area contributed by atoms with E-state index in [1.54, 1.807) is 17.6 Å². The molecule has 1 N–H and O–H groups in total. The van der Waals surface area contributed by atoms with Crippen molar-refractivity contribution < 1.29 is 9.21 Å². The van der Waals surface area contributed by atoms with Gasteiger partial charge in [0.05, 0.1) is 34.8 Å². The quantitative estimate of drug-likeness (QED) is 0.508. The van der Waals surface area contributed by atoms with Crippen LogP contribution in [-0.2, 0) is 11.3 Å². The Morgan fingerprint density at radius 1 is 1.26 bits per heavy atom. The molecule has 0 spiro atoms. The highest BCUT2D eigenvalue weighted by Gasteiger charge is 2.28. The summed E-state index contributed by atoms with van der Waals surface area (Å²) in [4.78, 5) is 19.9. The molecule has 1 aliphatic rings. The Labute approximate surface area is 184 Å². The minimum Gasteiger partial charge on any atom is -0.467 e. The van der Waals surface area contributed by atoms with Gasteiger partial charge in [-0.05, 0) is 51.0 Å². The van der Waals surface area contributed by atoms with Crippen molar-refractivity contribution in [3.63, 3.8) is 0 Å². The summed E-state index contributed by atoms with van der Waals surface area (Å²) in [7, 11) is 0. The Morgan fingerprint density at radius 2 is 2.10 bits per heavy atom. The van der Waals surface area contributed by atoms with E-state index in [2.05, 4.69) is 41.4 Å². The van der Waals surface area contributed by atoms with E-state index in [4.69, 9.17) is 14.5 Å². The summed E-state index contributed by atoms with van der Waals surface area (Å²) < 4.78 is 8.33. The van der Waals surface area contributed by atoms with E-state index in [1.165, 1.54) is 5.56 Å². The van der Waals surface area contributed by atoms with Crippen LogP contribution >= 0.6 is 11.3 Å². The standard InChI is InChI=1S/C23H25N5O2S/c1-15-7-9-18(10-8-15)28-21-20(16(2)26-28)31-23(25-21)27-11-3-5-17(14-27)22(29)24-13-19-6-4-12-30-19/h4,6-10,12,17H,3,5,11,13-14H2,1-2H3,(H,24,29)/t17-/m0/s1. The van der Waals surface area contributed by atoms with Crippen LogP contribution in [0.3, 0.4) is 0 Å². The van der Waals surface area contributed by atoms with Gasteiger partial charge in [0, 0.05) is 13.1 Å². The molecule has 5 rings (SSSR count). The Balaban J connectivity index is 1.34. The van der Waals surface area contributed by atoms with Crippen molar-refractivity contribution in [2.24, 2.45) is 5.92 Å². The molecule has 0 bridgehead atoms. The third kappa shape index (κ3) is 3.95. The number of rotatable bonds is 5. The molecule has 4 heterocycles. The molecule has 0 aliphatic carbocycles. The Bertz CT molecular complexity index is 1190. The largest absolute Gasteiger partial charge is 0.467 e. The maximum atomic E-state index is 12.7. The van der Waals surface area contributed by atoms with E-state index >= 15 is 0 Å². The molecule has 1 aliphatic heterocycles. The molecule has 160 valence electrons. The summed E-state index contributed by atoms with van der Waals surface area (Å²) in [6, 6.07) is 12.0. The van der Waals surface area contributed by atoms with Gasteiger partial charge in [0.25, 0.3) is 0 Å². The van der Waals surface area contributed by atoms with Gasteiger partial charge in [-0.15, -0.1) is 0 Å². The number of piperidine rings is 1. The van der Waals surface area contributed by atoms with Crippen LogP contribution < -0.4 is 10.2 Å². The average molecular weight is 436 g/mol. The maximum absolute atomic E-state index is 12.7. The highest BCUT2D eigenvalue weighted by atomic mass is 32.1. The third-order valence-corrected chi connectivity index (χ3v) is 6.95. The summed E-state index contributed by atoms with van der Waals surface area (Å²) in [5.41, 5.74) is 4.08. The number of thiazole rings is 1. The third-order valence-electron chi connectivity index (χ3n) is 5.74. The van der Waals surface area contributed by atoms with Crippen LogP contribution in [0.1, 0.15) is 29.9 Å². The normalized spacial score (nSPS) is 16.7. The molecule has 31 heavy (non-hydrogen) atoms. The number of aromatic nitrogens is 3. The number of amides is 1. The fraction of sp³-hybridized carbons (Fsp3) is 0.348. The molecule has 3 aromatic heterocycles. The number of furan rings is 1. The smallest absolute Gasteiger partial charge is 0.225 e. The minimum absolute atomic E-state index is 0.0505. The first-order valence-corrected chi connectivity index (χ1v) is 11.4. The minimum atomic E-state index is -0.0505. The molecule has 7 nitrogen and oxygen atoms in total. The van der Waals surface area contributed by atoms with Gasteiger partial charge in [0.1, 0.15) is 5.76 Å². The second-order valence-electron chi connectivity index (χ2n) is 8.06. The molecule has 0 unspecified atom stereocenters. The zero-order chi connectivity index (χ0) is 21.4. The summed E-state index contributed by atoms with van der Waals surface area (Å²) in [6.45, 7) is 6.11. The number of carbonyl (C=O) groups excluding carboxylic acids is 1. The van der Waals surface area contributed by atoms with Gasteiger partial charge in [-0.3, -0.25) is 4.79 Å². The van der Waals surface area contributed by atoms with Crippen LogP contribution in [0.15, 0.2) is 47.1 Å². The van der Waals surface area contributed by atoms with Crippen molar-refractivity contribution in [3.05, 3.63) is 59.7 Å². The topological polar surface area (TPSA) is 76.2 Å². The van der Waals surface area contributed by atoms with Crippen molar-refractivity contribution >= 4 is 32.7 Å². The Kier molecular flexibility index (Phi) is 5.23. The number of hydrogen-bond acceptors (Lipinski definition) is 6. The number of nitrogens with zero attached hydrogens (tertiary/aromatic N) is 4. The lowest BCUT2D eigenvalue weighted by molar-refractivity contribution is -0.125. The first-order chi connectivity index (χ1) is 15.1. The van der Waals surface area contributed by atoms with Crippen LogP contribution in [-0.4, -0.2) is 33.8 Å². The predicted octanol–water partition coefficient (Wildman–Crippen LogP) is 4.22. The highest BCUT2D eigenvalue weighted by molar-refractivity contribution is 7.22. The van der Waals surface area contributed by atoms with Crippen molar-refractivity contribution in [1.82, 2.24) is 20.1 Å². The summed E-state index contributed by atoms with van der Waals surface area (Å²) in [6.07, 6.45) is 3.48. The molecule has 1 fully saturated rings. The lowest BCUT2D eigenvalue weighted by Crippen LogP contribution is -2.42. The van der Waals surface area contributed by atoms with Crippen LogP contribution in [0.25, 0.3) is 16.0 Å². The second-order valence-corrected chi connectivity index (χ2v) is 9.04. The Morgan fingerprint density at radius 3 is 2.87 bits per heavy atom. The molecule has 1 saturated heterocycles. The first-order valence-electron chi connectivity index (χ1n) is 10.6. The molecular formula is C23H25N5O2S. The van der Waals surface area contributed by atoms with Gasteiger partial charge in [0.2, 0.25) is 5.91 Å². The number of carbonyl (C=O) groups is 1. The van der Waals surface area contributed by atoms with Gasteiger partial charge in [-0.2, -0.15) is 10.1 Å². The molecule has 0 saturated carbocycles. The number of fused-ring (bicyclic) bond motifs is 1. The van der Waals surface area contributed by atoms with E-state index in [9.17, 15) is 4.79 Å². The number of hydrogen-bond donors (Lipinski definition) is 1. The maximum Gasteiger partial charge on any atom is 0.225 e. The van der Waals surface area contributed by atoms with E-state index in [1.807, 2.05) is 23.7 Å². The van der Waals surface area contributed by atoms with Crippen molar-refractivity contribution in [2.45, 2.75) is 33.2 Å². The SMILES string of the molecule is Cc1ccc(-n2nc(C)c3sc(N4CCC[C@H](C(=O)NCc5ccco5)C4)nc32)cc1. The van der Waals surface area contributed by atoms with Crippen LogP contribution in [0, 0.1) is 19.8 Å². The summed E-state index contributed by atoms with van der Waals surface area (Å²) in [5.74, 6) is 0.790. The van der Waals surface area contributed by atoms with E-state index in [0.29, 0.717) is 13.1 Å². The van der Waals surface area contributed by atoms with Gasteiger partial charge < -0.3 is 14.6 Å². The van der Waals surface area contributed by atoms with Crippen molar-refractivity contribution in [3.8, 4) is 5.69 Å². The lowest BCUT2D eigenvalue weighted by atomic mass is 9.97. The lowest BCUT2D eigenvalue weighted by Gasteiger charge is -2.31. The molecule has 1 amide bonds. The fourth-order valence-corrected chi connectivity index (χ4v) is 5.04. The van der Waals surface area contributed by atoms with Gasteiger partial charge in [-0.1, -0.05) is 29.0 Å². The molecule has 1 aromatic carbocycles. The number of anilines is 1. The zero-order valence-corrected chi connectivity index (χ0v) is 18.5. The van der Waals surface area contributed by atoms with E-state index < -0.39 is 0 Å². The molecular weight excluding hydrogens is 410 g/mol. The van der Waals surface area contributed by atoms with Crippen LogP contribution in [0.5, 0.6) is 0 Å². The predicted molar refractivity (Wildman–Crippen MR) is 122 cm³/mol. The second kappa shape index (κ2) is 8.19. The number of benzene rings is 1. The molecule has 8 heteroatoms. The van der Waals surface area contributed by atoms with Gasteiger partial charge in [-0.25, -0.2) is 4.68 Å². The first kappa shape index (κ1) is 19.8. The van der Waals surface area contributed by atoms with E-state index in [0.717, 1.165) is 52.0 Å². The summed E-state index contributed by atoms with van der Waals surface area (Å²) >= 11 is 1.66. The highest BCUT2D eigenvalue weighted by Crippen LogP contribution is 2.34. The van der Waals surface area contributed by atoms with Gasteiger partial charge >= 0.3 is 0 Å². The van der Waals surface area contributed by atoms with Crippen LogP contribution in [0.2, 0.25) is 0 Å². The molecule has 1 atom stereocenters. The van der Waals surface area contributed by atoms with Gasteiger partial charge in [0.15, 0.2) is 10.8 Å². The number of aryl methyl sites for hydroxylation is 2.